The lowest BCUT2D eigenvalue weighted by atomic mass is 10.1. The van der Waals surface area contributed by atoms with E-state index in [-0.39, 0.29) is 33.7 Å². The van der Waals surface area contributed by atoms with Gasteiger partial charge in [-0.25, -0.2) is 13.6 Å². The van der Waals surface area contributed by atoms with E-state index in [0.717, 1.165) is 16.8 Å². The van der Waals surface area contributed by atoms with E-state index in [0.29, 0.717) is 5.56 Å². The first-order valence-corrected chi connectivity index (χ1v) is 7.49. The highest BCUT2D eigenvalue weighted by molar-refractivity contribution is 6.33. The maximum absolute atomic E-state index is 13.7. The average molecular weight is 371 g/mol. The van der Waals surface area contributed by atoms with Crippen molar-refractivity contribution in [2.24, 2.45) is 5.73 Å². The summed E-state index contributed by atoms with van der Waals surface area (Å²) in [5.41, 5.74) is 5.72. The number of nitrogens with two attached hydrogens (primary N) is 1. The normalized spacial score (nSPS) is 11.0. The van der Waals surface area contributed by atoms with E-state index in [9.17, 15) is 13.6 Å². The first-order valence-electron chi connectivity index (χ1n) is 6.74. The molecule has 3 rings (SSSR count). The van der Waals surface area contributed by atoms with Crippen molar-refractivity contribution in [1.29, 1.82) is 0 Å². The molecule has 0 atom stereocenters. The molecule has 0 spiro atoms. The lowest BCUT2D eigenvalue weighted by molar-refractivity contribution is 0.611. The maximum Gasteiger partial charge on any atom is 0.348 e. The first kappa shape index (κ1) is 16.6. The summed E-state index contributed by atoms with van der Waals surface area (Å²) >= 11 is 11.7. The van der Waals surface area contributed by atoms with Gasteiger partial charge in [0, 0.05) is 17.7 Å². The Labute approximate surface area is 144 Å². The predicted molar refractivity (Wildman–Crippen MR) is 87.4 cm³/mol. The van der Waals surface area contributed by atoms with Crippen LogP contribution < -0.4 is 11.4 Å². The molecule has 0 radical (unpaired) electrons. The molecule has 0 unspecified atom stereocenters. The van der Waals surface area contributed by atoms with Crippen LogP contribution in [0.5, 0.6) is 0 Å². The number of nitrogens with one attached hydrogen (secondary N) is 1. The van der Waals surface area contributed by atoms with Crippen LogP contribution in [0.15, 0.2) is 35.1 Å². The van der Waals surface area contributed by atoms with Crippen molar-refractivity contribution in [2.45, 2.75) is 6.54 Å². The molecule has 0 aliphatic heterocycles. The third-order valence-electron chi connectivity index (χ3n) is 3.38. The number of rotatable bonds is 3. The Kier molecular flexibility index (Phi) is 4.40. The molecule has 0 aliphatic rings. The van der Waals surface area contributed by atoms with Crippen molar-refractivity contribution in [1.82, 2.24) is 14.8 Å². The summed E-state index contributed by atoms with van der Waals surface area (Å²) in [6, 6.07) is 6.25. The molecule has 0 saturated carbocycles. The number of halogens is 4. The standard InChI is InChI=1S/C15H10Cl2F2N4O/c16-10-5-13(19)7(6-20)3-9(10)14-21-15(24)23(22-14)8-1-2-12(18)11(17)4-8/h1-5H,6,20H2,(H,21,22,24). The highest BCUT2D eigenvalue weighted by atomic mass is 35.5. The molecule has 5 nitrogen and oxygen atoms in total. The summed E-state index contributed by atoms with van der Waals surface area (Å²) in [7, 11) is 0. The topological polar surface area (TPSA) is 76.7 Å². The van der Waals surface area contributed by atoms with Crippen LogP contribution in [0.4, 0.5) is 8.78 Å². The molecule has 0 amide bonds. The van der Waals surface area contributed by atoms with Crippen LogP contribution >= 0.6 is 23.2 Å². The van der Waals surface area contributed by atoms with Crippen LogP contribution in [0, 0.1) is 11.6 Å². The van der Waals surface area contributed by atoms with Gasteiger partial charge in [0.2, 0.25) is 0 Å². The summed E-state index contributed by atoms with van der Waals surface area (Å²) < 4.78 is 27.9. The Hall–Kier alpha value is -2.22. The number of hydrogen-bond acceptors (Lipinski definition) is 3. The Bertz CT molecular complexity index is 984. The zero-order valence-corrected chi connectivity index (χ0v) is 13.5. The molecule has 2 aromatic carbocycles. The SMILES string of the molecule is NCc1cc(-c2nn(-c3ccc(F)c(Cl)c3)c(=O)[nH]2)c(Cl)cc1F. The van der Waals surface area contributed by atoms with E-state index in [1.54, 1.807) is 0 Å². The average Bonchev–Trinajstić information content (AvgIpc) is 2.92. The minimum absolute atomic E-state index is 0.0332. The lowest BCUT2D eigenvalue weighted by Gasteiger charge is -2.05. The molecule has 3 N–H and O–H groups in total. The maximum atomic E-state index is 13.7. The van der Waals surface area contributed by atoms with E-state index in [4.69, 9.17) is 28.9 Å². The zero-order chi connectivity index (χ0) is 17.4. The number of benzene rings is 2. The molecule has 0 aliphatic carbocycles. The quantitative estimate of drug-likeness (QED) is 0.742. The smallest absolute Gasteiger partial charge is 0.326 e. The number of aromatic amines is 1. The van der Waals surface area contributed by atoms with Crippen molar-refractivity contribution in [3.63, 3.8) is 0 Å². The third-order valence-corrected chi connectivity index (χ3v) is 3.98. The van der Waals surface area contributed by atoms with Crippen molar-refractivity contribution in [3.05, 3.63) is 68.1 Å². The van der Waals surface area contributed by atoms with Crippen LogP contribution in [0.25, 0.3) is 17.1 Å². The van der Waals surface area contributed by atoms with Gasteiger partial charge in [0.05, 0.1) is 15.7 Å². The third kappa shape index (κ3) is 2.93. The molecule has 124 valence electrons. The molecule has 3 aromatic rings. The molecular formula is C15H10Cl2F2N4O. The van der Waals surface area contributed by atoms with Gasteiger partial charge in [-0.05, 0) is 30.3 Å². The molecular weight excluding hydrogens is 361 g/mol. The lowest BCUT2D eigenvalue weighted by Crippen LogP contribution is -2.15. The van der Waals surface area contributed by atoms with E-state index in [1.807, 2.05) is 0 Å². The van der Waals surface area contributed by atoms with E-state index in [1.165, 1.54) is 18.2 Å². The largest absolute Gasteiger partial charge is 0.348 e. The van der Waals surface area contributed by atoms with Crippen molar-refractivity contribution < 1.29 is 8.78 Å². The minimum atomic E-state index is -0.613. The van der Waals surface area contributed by atoms with Gasteiger partial charge in [-0.1, -0.05) is 23.2 Å². The van der Waals surface area contributed by atoms with Crippen molar-refractivity contribution >= 4 is 23.2 Å². The van der Waals surface area contributed by atoms with Crippen LogP contribution in [0.3, 0.4) is 0 Å². The number of aromatic nitrogens is 3. The molecule has 9 heteroatoms. The summed E-state index contributed by atoms with van der Waals surface area (Å²) in [5, 5.41) is 4.03. The van der Waals surface area contributed by atoms with Crippen LogP contribution in [0.2, 0.25) is 10.0 Å². The second kappa shape index (κ2) is 6.35. The molecule has 1 aromatic heterocycles. The van der Waals surface area contributed by atoms with Gasteiger partial charge in [0.15, 0.2) is 5.82 Å². The fourth-order valence-corrected chi connectivity index (χ4v) is 2.58. The van der Waals surface area contributed by atoms with Gasteiger partial charge >= 0.3 is 5.69 Å². The molecule has 0 fully saturated rings. The number of nitrogens with zero attached hydrogens (tertiary/aromatic N) is 2. The summed E-state index contributed by atoms with van der Waals surface area (Å²) in [4.78, 5) is 14.6. The number of H-pyrrole nitrogens is 1. The van der Waals surface area contributed by atoms with Crippen LogP contribution in [-0.2, 0) is 6.54 Å². The molecule has 1 heterocycles. The Morgan fingerprint density at radius 3 is 2.54 bits per heavy atom. The summed E-state index contributed by atoms with van der Waals surface area (Å²) in [6.45, 7) is -0.0332. The van der Waals surface area contributed by atoms with E-state index in [2.05, 4.69) is 10.1 Å². The molecule has 0 saturated heterocycles. The molecule has 24 heavy (non-hydrogen) atoms. The van der Waals surface area contributed by atoms with Gasteiger partial charge in [-0.15, -0.1) is 5.10 Å². The summed E-state index contributed by atoms with van der Waals surface area (Å²) in [5.74, 6) is -1.03. The molecule has 0 bridgehead atoms. The number of hydrogen-bond donors (Lipinski definition) is 2. The summed E-state index contributed by atoms with van der Waals surface area (Å²) in [6.07, 6.45) is 0. The second-order valence-corrected chi connectivity index (χ2v) is 5.73. The van der Waals surface area contributed by atoms with E-state index < -0.39 is 17.3 Å². The monoisotopic (exact) mass is 370 g/mol. The van der Waals surface area contributed by atoms with Crippen LogP contribution in [0.1, 0.15) is 5.56 Å². The van der Waals surface area contributed by atoms with Crippen molar-refractivity contribution in [3.8, 4) is 17.1 Å². The Balaban J connectivity index is 2.13. The minimum Gasteiger partial charge on any atom is -0.326 e. The van der Waals surface area contributed by atoms with Gasteiger partial charge in [0.1, 0.15) is 11.6 Å². The van der Waals surface area contributed by atoms with Crippen LogP contribution in [-0.4, -0.2) is 14.8 Å². The van der Waals surface area contributed by atoms with Gasteiger partial charge < -0.3 is 5.73 Å². The Morgan fingerprint density at radius 1 is 1.12 bits per heavy atom. The first-order chi connectivity index (χ1) is 11.4. The van der Waals surface area contributed by atoms with Crippen molar-refractivity contribution in [2.75, 3.05) is 0 Å². The highest BCUT2D eigenvalue weighted by Gasteiger charge is 2.15. The van der Waals surface area contributed by atoms with Gasteiger partial charge in [-0.2, -0.15) is 4.68 Å². The van der Waals surface area contributed by atoms with Gasteiger partial charge in [-0.3, -0.25) is 4.98 Å². The highest BCUT2D eigenvalue weighted by Crippen LogP contribution is 2.28. The zero-order valence-electron chi connectivity index (χ0n) is 12.0. The Morgan fingerprint density at radius 2 is 1.88 bits per heavy atom. The predicted octanol–water partition coefficient (Wildman–Crippen LogP) is 3.27. The van der Waals surface area contributed by atoms with E-state index >= 15 is 0 Å². The van der Waals surface area contributed by atoms with Gasteiger partial charge in [0.25, 0.3) is 0 Å². The fraction of sp³-hybridized carbons (Fsp3) is 0.0667. The second-order valence-electron chi connectivity index (χ2n) is 4.92. The fourth-order valence-electron chi connectivity index (χ4n) is 2.17.